The fourth-order valence-electron chi connectivity index (χ4n) is 4.06. The van der Waals surface area contributed by atoms with Crippen LogP contribution in [0.3, 0.4) is 0 Å². The van der Waals surface area contributed by atoms with E-state index in [0.29, 0.717) is 0 Å². The number of fused-ring (bicyclic) bond motifs is 2. The van der Waals surface area contributed by atoms with Gasteiger partial charge in [-0.05, 0) is 12.5 Å². The molecule has 4 aromatic rings. The molecule has 136 valence electrons. The van der Waals surface area contributed by atoms with Gasteiger partial charge in [0.25, 0.3) is 0 Å². The van der Waals surface area contributed by atoms with Crippen LogP contribution in [0.1, 0.15) is 33.2 Å². The van der Waals surface area contributed by atoms with E-state index in [1.54, 1.807) is 4.52 Å². The number of nitrogens with one attached hydrogen (secondary N) is 1. The second-order valence-corrected chi connectivity index (χ2v) is 8.20. The lowest BCUT2D eigenvalue weighted by atomic mass is 9.95. The lowest BCUT2D eigenvalue weighted by Crippen LogP contribution is -3.12. The number of quaternary nitrogens is 1. The Balaban J connectivity index is 1.61. The molecule has 5 nitrogen and oxygen atoms in total. The van der Waals surface area contributed by atoms with Gasteiger partial charge < -0.3 is 10.0 Å². The largest absolute Gasteiger partial charge is 0.492 e. The van der Waals surface area contributed by atoms with Crippen LogP contribution in [0.25, 0.3) is 4.96 Å². The predicted molar refractivity (Wildman–Crippen MR) is 105 cm³/mol. The van der Waals surface area contributed by atoms with Crippen LogP contribution >= 0.6 is 11.3 Å². The third-order valence-corrected chi connectivity index (χ3v) is 6.57. The molecular formula is C21H21N4OS+. The van der Waals surface area contributed by atoms with E-state index >= 15 is 0 Å². The zero-order valence-corrected chi connectivity index (χ0v) is 15.9. The van der Waals surface area contributed by atoms with E-state index in [1.165, 1.54) is 44.8 Å². The van der Waals surface area contributed by atoms with Crippen molar-refractivity contribution in [3.05, 3.63) is 82.0 Å². The first kappa shape index (κ1) is 16.5. The minimum Gasteiger partial charge on any atom is -0.492 e. The van der Waals surface area contributed by atoms with Gasteiger partial charge in [0.1, 0.15) is 17.7 Å². The van der Waals surface area contributed by atoms with Crippen molar-refractivity contribution in [1.29, 1.82) is 0 Å². The van der Waals surface area contributed by atoms with Crippen molar-refractivity contribution >= 4 is 16.3 Å². The van der Waals surface area contributed by atoms with Gasteiger partial charge in [-0.25, -0.2) is 4.98 Å². The summed E-state index contributed by atoms with van der Waals surface area (Å²) in [5, 5.41) is 15.0. The standard InChI is InChI=1S/C21H20N4OS/c1-14-6-8-16(9-7-14)18(19-20(26)25-21(27-19)22-13-23-25)24-11-10-15-4-2-3-5-17(15)12-24/h2-9,13,18,26H,10-12H2,1H3/p+1/t18-/m0/s1. The van der Waals surface area contributed by atoms with Crippen molar-refractivity contribution in [3.63, 3.8) is 0 Å². The molecule has 5 rings (SSSR count). The second kappa shape index (κ2) is 6.48. The number of hydrogen-bond acceptors (Lipinski definition) is 4. The van der Waals surface area contributed by atoms with Crippen molar-refractivity contribution in [3.8, 4) is 5.88 Å². The zero-order valence-electron chi connectivity index (χ0n) is 15.1. The molecule has 2 aromatic heterocycles. The van der Waals surface area contributed by atoms with Gasteiger partial charge in [0.05, 0.1) is 6.54 Å². The molecule has 0 saturated carbocycles. The maximum Gasteiger partial charge on any atom is 0.235 e. The fourth-order valence-corrected chi connectivity index (χ4v) is 5.18. The van der Waals surface area contributed by atoms with Crippen LogP contribution in [-0.2, 0) is 13.0 Å². The van der Waals surface area contributed by atoms with Crippen molar-refractivity contribution in [2.75, 3.05) is 6.54 Å². The molecular weight excluding hydrogens is 356 g/mol. The average Bonchev–Trinajstić information content (AvgIpc) is 3.27. The second-order valence-electron chi connectivity index (χ2n) is 7.19. The molecule has 0 spiro atoms. The van der Waals surface area contributed by atoms with Gasteiger partial charge in [0.2, 0.25) is 10.8 Å². The lowest BCUT2D eigenvalue weighted by molar-refractivity contribution is -0.940. The van der Waals surface area contributed by atoms with Crippen LogP contribution in [0.5, 0.6) is 5.88 Å². The number of aromatic nitrogens is 3. The van der Waals surface area contributed by atoms with Crippen molar-refractivity contribution in [2.45, 2.75) is 25.9 Å². The number of aryl methyl sites for hydroxylation is 1. The number of nitrogens with zero attached hydrogens (tertiary/aromatic N) is 3. The first-order valence-electron chi connectivity index (χ1n) is 9.20. The summed E-state index contributed by atoms with van der Waals surface area (Å²) in [4.78, 5) is 7.38. The van der Waals surface area contributed by atoms with Gasteiger partial charge in [0, 0.05) is 17.5 Å². The van der Waals surface area contributed by atoms with E-state index in [1.807, 2.05) is 0 Å². The maximum atomic E-state index is 10.8. The summed E-state index contributed by atoms with van der Waals surface area (Å²) in [6, 6.07) is 17.4. The Morgan fingerprint density at radius 2 is 1.89 bits per heavy atom. The summed E-state index contributed by atoms with van der Waals surface area (Å²) in [6.07, 6.45) is 2.54. The molecule has 2 N–H and O–H groups in total. The smallest absolute Gasteiger partial charge is 0.235 e. The molecule has 27 heavy (non-hydrogen) atoms. The van der Waals surface area contributed by atoms with Gasteiger partial charge in [-0.2, -0.15) is 9.61 Å². The molecule has 1 aliphatic heterocycles. The molecule has 1 unspecified atom stereocenters. The number of thiazole rings is 1. The minimum atomic E-state index is 0.0625. The summed E-state index contributed by atoms with van der Waals surface area (Å²) in [6.45, 7) is 4.08. The Labute approximate surface area is 161 Å². The van der Waals surface area contributed by atoms with E-state index in [9.17, 15) is 5.11 Å². The normalized spacial score (nSPS) is 17.7. The molecule has 3 heterocycles. The van der Waals surface area contributed by atoms with E-state index in [4.69, 9.17) is 0 Å². The number of benzene rings is 2. The summed E-state index contributed by atoms with van der Waals surface area (Å²) in [5.74, 6) is 0.212. The Bertz CT molecular complexity index is 1100. The third-order valence-electron chi connectivity index (χ3n) is 5.47. The Morgan fingerprint density at radius 3 is 2.67 bits per heavy atom. The Hall–Kier alpha value is -2.70. The SMILES string of the molecule is Cc1ccc([C@@H](c2sc3ncnn3c2O)[NH+]2CCc3ccccc3C2)cc1. The van der Waals surface area contributed by atoms with E-state index in [-0.39, 0.29) is 11.9 Å². The van der Waals surface area contributed by atoms with Crippen LogP contribution in [0.4, 0.5) is 0 Å². The highest BCUT2D eigenvalue weighted by Crippen LogP contribution is 2.35. The summed E-state index contributed by atoms with van der Waals surface area (Å²) < 4.78 is 1.54. The highest BCUT2D eigenvalue weighted by molar-refractivity contribution is 7.17. The molecule has 2 aromatic carbocycles. The molecule has 6 heteroatoms. The van der Waals surface area contributed by atoms with E-state index in [0.717, 1.165) is 29.3 Å². The fraction of sp³-hybridized carbons (Fsp3) is 0.238. The molecule has 0 amide bonds. The summed E-state index contributed by atoms with van der Waals surface area (Å²) >= 11 is 1.53. The molecule has 0 fully saturated rings. The number of rotatable bonds is 3. The van der Waals surface area contributed by atoms with Crippen LogP contribution in [0.2, 0.25) is 0 Å². The predicted octanol–water partition coefficient (Wildman–Crippen LogP) is 2.54. The first-order chi connectivity index (χ1) is 13.2. The molecule has 0 radical (unpaired) electrons. The highest BCUT2D eigenvalue weighted by Gasteiger charge is 2.34. The van der Waals surface area contributed by atoms with Gasteiger partial charge >= 0.3 is 0 Å². The van der Waals surface area contributed by atoms with Gasteiger partial charge in [-0.3, -0.25) is 0 Å². The average molecular weight is 377 g/mol. The minimum absolute atomic E-state index is 0.0625. The number of aromatic hydroxyl groups is 1. The van der Waals surface area contributed by atoms with Crippen LogP contribution in [0.15, 0.2) is 54.9 Å². The Morgan fingerprint density at radius 1 is 1.11 bits per heavy atom. The summed E-state index contributed by atoms with van der Waals surface area (Å²) in [7, 11) is 0. The van der Waals surface area contributed by atoms with Crippen LogP contribution in [0, 0.1) is 6.92 Å². The molecule has 2 atom stereocenters. The quantitative estimate of drug-likeness (QED) is 0.577. The van der Waals surface area contributed by atoms with Crippen LogP contribution < -0.4 is 4.90 Å². The maximum absolute atomic E-state index is 10.8. The highest BCUT2D eigenvalue weighted by atomic mass is 32.1. The molecule has 1 aliphatic rings. The Kier molecular flexibility index (Phi) is 3.95. The third kappa shape index (κ3) is 2.81. The van der Waals surface area contributed by atoms with E-state index in [2.05, 4.69) is 65.5 Å². The zero-order chi connectivity index (χ0) is 18.4. The molecule has 0 bridgehead atoms. The molecule has 0 saturated heterocycles. The van der Waals surface area contributed by atoms with Crippen molar-refractivity contribution in [1.82, 2.24) is 14.6 Å². The summed E-state index contributed by atoms with van der Waals surface area (Å²) in [5.41, 5.74) is 5.30. The molecule has 0 aliphatic carbocycles. The monoisotopic (exact) mass is 377 g/mol. The van der Waals surface area contributed by atoms with E-state index < -0.39 is 0 Å². The van der Waals surface area contributed by atoms with Gasteiger partial charge in [-0.15, -0.1) is 0 Å². The first-order valence-corrected chi connectivity index (χ1v) is 10.0. The van der Waals surface area contributed by atoms with Crippen molar-refractivity contribution < 1.29 is 10.0 Å². The van der Waals surface area contributed by atoms with Gasteiger partial charge in [-0.1, -0.05) is 65.4 Å². The van der Waals surface area contributed by atoms with Crippen LogP contribution in [-0.4, -0.2) is 26.2 Å². The number of hydrogen-bond donors (Lipinski definition) is 2. The lowest BCUT2D eigenvalue weighted by Gasteiger charge is -2.32. The topological polar surface area (TPSA) is 54.9 Å². The van der Waals surface area contributed by atoms with Gasteiger partial charge in [0.15, 0.2) is 6.04 Å². The van der Waals surface area contributed by atoms with Crippen molar-refractivity contribution in [2.24, 2.45) is 0 Å².